The second-order valence-corrected chi connectivity index (χ2v) is 13.6. The monoisotopic (exact) mass is 650 g/mol. The minimum absolute atomic E-state index is 0.482. The fourth-order valence-electron chi connectivity index (χ4n) is 8.76. The number of ether oxygens (including phenoxy) is 1. The highest BCUT2D eigenvalue weighted by Crippen LogP contribution is 2.62. The van der Waals surface area contributed by atoms with Gasteiger partial charge in [0.25, 0.3) is 0 Å². The first-order chi connectivity index (χ1) is 25.3. The summed E-state index contributed by atoms with van der Waals surface area (Å²) in [5.41, 5.74) is 15.5. The molecule has 1 spiro atoms. The molecule has 0 saturated heterocycles. The van der Waals surface area contributed by atoms with Crippen molar-refractivity contribution < 1.29 is 9.15 Å². The summed E-state index contributed by atoms with van der Waals surface area (Å²) in [6.07, 6.45) is 0. The Hall–Kier alpha value is -6.64. The van der Waals surface area contributed by atoms with Crippen molar-refractivity contribution in [2.24, 2.45) is 0 Å². The van der Waals surface area contributed by atoms with Crippen LogP contribution in [0.5, 0.6) is 11.5 Å². The summed E-state index contributed by atoms with van der Waals surface area (Å²) < 4.78 is 13.4. The number of fused-ring (bicyclic) bond motifs is 12. The van der Waals surface area contributed by atoms with E-state index in [0.717, 1.165) is 66.8 Å². The first-order valence-electron chi connectivity index (χ1n) is 17.5. The van der Waals surface area contributed by atoms with Gasteiger partial charge in [0, 0.05) is 27.5 Å². The minimum atomic E-state index is -0.482. The quantitative estimate of drug-likeness (QED) is 0.190. The molecule has 1 aromatic heterocycles. The molecule has 0 amide bonds. The standard InChI is InChI=1S/C49H30O2/c1-2-13-31(14-3-1)33-27-34(29-35(28-33)36-18-12-19-40-39-17-6-10-23-45(39)51-48(36)40)32-25-26-44-47(30-32)50-46-24-11-9-22-43(46)49(44)41-20-7-4-15-37(41)38-16-5-8-21-42(38)49/h1-30H. The van der Waals surface area contributed by atoms with E-state index in [1.54, 1.807) is 0 Å². The highest BCUT2D eigenvalue weighted by Gasteiger charge is 2.50. The third-order valence-corrected chi connectivity index (χ3v) is 10.9. The Bertz CT molecular complexity index is 2790. The molecule has 2 nitrogen and oxygen atoms in total. The zero-order chi connectivity index (χ0) is 33.5. The number of hydrogen-bond donors (Lipinski definition) is 0. The molecular formula is C49H30O2. The van der Waals surface area contributed by atoms with Gasteiger partial charge in [-0.1, -0.05) is 146 Å². The zero-order valence-electron chi connectivity index (χ0n) is 27.6. The molecule has 51 heavy (non-hydrogen) atoms. The average molecular weight is 651 g/mol. The second kappa shape index (κ2) is 10.7. The molecule has 0 atom stereocenters. The lowest BCUT2D eigenvalue weighted by Gasteiger charge is -2.39. The molecule has 1 aliphatic heterocycles. The van der Waals surface area contributed by atoms with Gasteiger partial charge in [0.2, 0.25) is 0 Å². The molecule has 0 bridgehead atoms. The summed E-state index contributed by atoms with van der Waals surface area (Å²) in [6, 6.07) is 65.3. The smallest absolute Gasteiger partial charge is 0.143 e. The molecule has 9 aromatic rings. The zero-order valence-corrected chi connectivity index (χ0v) is 27.6. The number of para-hydroxylation sites is 3. The molecule has 0 saturated carbocycles. The van der Waals surface area contributed by atoms with Gasteiger partial charge in [-0.3, -0.25) is 0 Å². The Morgan fingerprint density at radius 1 is 0.333 bits per heavy atom. The Kier molecular flexibility index (Phi) is 5.91. The van der Waals surface area contributed by atoms with Gasteiger partial charge in [0.05, 0.1) is 5.41 Å². The van der Waals surface area contributed by atoms with Crippen LogP contribution >= 0.6 is 0 Å². The van der Waals surface area contributed by atoms with E-state index in [9.17, 15) is 0 Å². The summed E-state index contributed by atoms with van der Waals surface area (Å²) in [5, 5.41) is 2.25. The SMILES string of the molecule is c1ccc(-c2cc(-c3ccc4c(c3)Oc3ccccc3C43c4ccccc4-c4ccccc43)cc(-c3cccc4c3oc3ccccc34)c2)cc1. The maximum atomic E-state index is 6.86. The third kappa shape index (κ3) is 3.99. The van der Waals surface area contributed by atoms with Gasteiger partial charge in [0.1, 0.15) is 22.7 Å². The molecule has 2 heterocycles. The number of benzene rings is 8. The molecule has 0 unspecified atom stereocenters. The summed E-state index contributed by atoms with van der Waals surface area (Å²) >= 11 is 0. The van der Waals surface area contributed by atoms with Crippen LogP contribution in [-0.4, -0.2) is 0 Å². The first kappa shape index (κ1) is 28.2. The minimum Gasteiger partial charge on any atom is -0.457 e. The van der Waals surface area contributed by atoms with Gasteiger partial charge in [-0.15, -0.1) is 0 Å². The van der Waals surface area contributed by atoms with Crippen molar-refractivity contribution in [2.45, 2.75) is 5.41 Å². The third-order valence-electron chi connectivity index (χ3n) is 10.9. The lowest BCUT2D eigenvalue weighted by molar-refractivity contribution is 0.436. The van der Waals surface area contributed by atoms with Crippen LogP contribution in [-0.2, 0) is 5.41 Å². The molecule has 2 aliphatic rings. The van der Waals surface area contributed by atoms with Gasteiger partial charge >= 0.3 is 0 Å². The van der Waals surface area contributed by atoms with E-state index in [-0.39, 0.29) is 0 Å². The van der Waals surface area contributed by atoms with Crippen molar-refractivity contribution in [3.05, 3.63) is 204 Å². The van der Waals surface area contributed by atoms with Gasteiger partial charge in [0.15, 0.2) is 0 Å². The average Bonchev–Trinajstić information content (AvgIpc) is 3.72. The number of hydrogen-bond acceptors (Lipinski definition) is 2. The van der Waals surface area contributed by atoms with E-state index in [0.29, 0.717) is 0 Å². The fraction of sp³-hybridized carbons (Fsp3) is 0.0204. The van der Waals surface area contributed by atoms with Crippen LogP contribution in [0.25, 0.3) is 66.4 Å². The summed E-state index contributed by atoms with van der Waals surface area (Å²) in [7, 11) is 0. The summed E-state index contributed by atoms with van der Waals surface area (Å²) in [4.78, 5) is 0. The van der Waals surface area contributed by atoms with Gasteiger partial charge < -0.3 is 9.15 Å². The summed E-state index contributed by atoms with van der Waals surface area (Å²) in [5.74, 6) is 1.77. The van der Waals surface area contributed by atoms with Crippen molar-refractivity contribution in [1.82, 2.24) is 0 Å². The van der Waals surface area contributed by atoms with Crippen LogP contribution < -0.4 is 4.74 Å². The largest absolute Gasteiger partial charge is 0.457 e. The summed E-state index contributed by atoms with van der Waals surface area (Å²) in [6.45, 7) is 0. The Morgan fingerprint density at radius 2 is 0.922 bits per heavy atom. The fourth-order valence-corrected chi connectivity index (χ4v) is 8.76. The predicted octanol–water partition coefficient (Wildman–Crippen LogP) is 13.1. The van der Waals surface area contributed by atoms with Crippen LogP contribution in [0.2, 0.25) is 0 Å². The van der Waals surface area contributed by atoms with Gasteiger partial charge in [-0.05, 0) is 86.5 Å². The molecule has 238 valence electrons. The maximum Gasteiger partial charge on any atom is 0.143 e. The Morgan fingerprint density at radius 3 is 1.73 bits per heavy atom. The van der Waals surface area contributed by atoms with Crippen LogP contribution in [0, 0.1) is 0 Å². The van der Waals surface area contributed by atoms with E-state index < -0.39 is 5.41 Å². The van der Waals surface area contributed by atoms with Crippen molar-refractivity contribution in [3.8, 4) is 56.0 Å². The molecule has 2 heteroatoms. The lowest BCUT2D eigenvalue weighted by Crippen LogP contribution is -2.32. The van der Waals surface area contributed by atoms with Crippen LogP contribution in [0.1, 0.15) is 22.3 Å². The van der Waals surface area contributed by atoms with Crippen LogP contribution in [0.15, 0.2) is 186 Å². The maximum absolute atomic E-state index is 6.86. The Balaban J connectivity index is 1.15. The normalized spacial score (nSPS) is 13.4. The van der Waals surface area contributed by atoms with Crippen LogP contribution in [0.4, 0.5) is 0 Å². The predicted molar refractivity (Wildman–Crippen MR) is 207 cm³/mol. The molecule has 1 aliphatic carbocycles. The van der Waals surface area contributed by atoms with Crippen molar-refractivity contribution in [2.75, 3.05) is 0 Å². The van der Waals surface area contributed by atoms with E-state index in [1.165, 1.54) is 33.4 Å². The highest BCUT2D eigenvalue weighted by molar-refractivity contribution is 6.10. The highest BCUT2D eigenvalue weighted by atomic mass is 16.5. The molecular weight excluding hydrogens is 621 g/mol. The first-order valence-corrected chi connectivity index (χ1v) is 17.5. The molecule has 8 aromatic carbocycles. The lowest BCUT2D eigenvalue weighted by atomic mass is 9.66. The van der Waals surface area contributed by atoms with E-state index in [1.807, 2.05) is 12.1 Å². The molecule has 0 N–H and O–H groups in total. The van der Waals surface area contributed by atoms with E-state index >= 15 is 0 Å². The topological polar surface area (TPSA) is 22.4 Å². The van der Waals surface area contributed by atoms with Gasteiger partial charge in [-0.25, -0.2) is 0 Å². The molecule has 11 rings (SSSR count). The Labute approximate surface area is 295 Å². The van der Waals surface area contributed by atoms with E-state index in [4.69, 9.17) is 9.15 Å². The molecule has 0 radical (unpaired) electrons. The second-order valence-electron chi connectivity index (χ2n) is 13.6. The van der Waals surface area contributed by atoms with Crippen molar-refractivity contribution in [1.29, 1.82) is 0 Å². The number of rotatable bonds is 3. The van der Waals surface area contributed by atoms with Crippen LogP contribution in [0.3, 0.4) is 0 Å². The van der Waals surface area contributed by atoms with Crippen molar-refractivity contribution in [3.63, 3.8) is 0 Å². The van der Waals surface area contributed by atoms with Crippen molar-refractivity contribution >= 4 is 21.9 Å². The molecule has 0 fully saturated rings. The van der Waals surface area contributed by atoms with E-state index in [2.05, 4.69) is 170 Å². The number of furan rings is 1. The van der Waals surface area contributed by atoms with Gasteiger partial charge in [-0.2, -0.15) is 0 Å².